The Morgan fingerprint density at radius 2 is 2.08 bits per heavy atom. The van der Waals surface area contributed by atoms with Crippen LogP contribution >= 0.6 is 0 Å². The molecular formula is C19H26N4O3. The second-order valence-electron chi connectivity index (χ2n) is 6.72. The third-order valence-corrected chi connectivity index (χ3v) is 4.98. The summed E-state index contributed by atoms with van der Waals surface area (Å²) in [5.41, 5.74) is 1.95. The van der Waals surface area contributed by atoms with Gasteiger partial charge in [0.1, 0.15) is 5.82 Å². The lowest BCUT2D eigenvalue weighted by atomic mass is 9.88. The number of rotatable bonds is 7. The van der Waals surface area contributed by atoms with E-state index in [0.717, 1.165) is 30.0 Å². The van der Waals surface area contributed by atoms with E-state index in [1.807, 2.05) is 32.0 Å². The van der Waals surface area contributed by atoms with Crippen molar-refractivity contribution in [3.8, 4) is 11.5 Å². The predicted molar refractivity (Wildman–Crippen MR) is 99.8 cm³/mol. The van der Waals surface area contributed by atoms with Crippen molar-refractivity contribution in [2.24, 2.45) is 11.8 Å². The molecule has 1 aliphatic heterocycles. The summed E-state index contributed by atoms with van der Waals surface area (Å²) < 4.78 is 12.4. The molecule has 2 aromatic rings. The molecule has 1 unspecified atom stereocenters. The van der Waals surface area contributed by atoms with Crippen LogP contribution in [-0.2, 0) is 11.3 Å². The van der Waals surface area contributed by atoms with Crippen molar-refractivity contribution >= 4 is 11.7 Å². The van der Waals surface area contributed by atoms with Gasteiger partial charge in [0.2, 0.25) is 5.91 Å². The molecule has 1 fully saturated rings. The lowest BCUT2D eigenvalue weighted by Gasteiger charge is -2.31. The Morgan fingerprint density at radius 3 is 2.69 bits per heavy atom. The summed E-state index contributed by atoms with van der Waals surface area (Å²) in [5, 5.41) is 10.7. The van der Waals surface area contributed by atoms with Gasteiger partial charge in [-0.15, -0.1) is 0 Å². The summed E-state index contributed by atoms with van der Waals surface area (Å²) in [4.78, 5) is 12.6. The van der Waals surface area contributed by atoms with Crippen molar-refractivity contribution < 1.29 is 14.3 Å². The van der Waals surface area contributed by atoms with Crippen LogP contribution in [0.2, 0.25) is 0 Å². The van der Waals surface area contributed by atoms with E-state index in [1.54, 1.807) is 25.1 Å². The zero-order chi connectivity index (χ0) is 18.7. The number of hydrogen-bond donors (Lipinski definition) is 2. The first-order valence-corrected chi connectivity index (χ1v) is 8.78. The smallest absolute Gasteiger partial charge is 0.228 e. The number of benzene rings is 1. The van der Waals surface area contributed by atoms with Gasteiger partial charge < -0.3 is 20.1 Å². The largest absolute Gasteiger partial charge is 0.493 e. The molecule has 7 nitrogen and oxygen atoms in total. The molecule has 1 aromatic heterocycles. The third kappa shape index (κ3) is 3.67. The number of amides is 1. The third-order valence-electron chi connectivity index (χ3n) is 4.98. The van der Waals surface area contributed by atoms with Crippen LogP contribution in [0.25, 0.3) is 0 Å². The Hall–Kier alpha value is -2.54. The Kier molecular flexibility index (Phi) is 5.46. The van der Waals surface area contributed by atoms with Crippen LogP contribution in [0.1, 0.15) is 18.1 Å². The predicted octanol–water partition coefficient (Wildman–Crippen LogP) is 2.05. The van der Waals surface area contributed by atoms with Gasteiger partial charge in [-0.05, 0) is 43.6 Å². The Morgan fingerprint density at radius 1 is 1.35 bits per heavy atom. The van der Waals surface area contributed by atoms with E-state index >= 15 is 0 Å². The molecule has 140 valence electrons. The second kappa shape index (κ2) is 7.78. The van der Waals surface area contributed by atoms with E-state index in [2.05, 4.69) is 15.7 Å². The molecule has 0 bridgehead atoms. The van der Waals surface area contributed by atoms with E-state index < -0.39 is 0 Å². The van der Waals surface area contributed by atoms with Gasteiger partial charge in [0, 0.05) is 11.5 Å². The number of hydrogen-bond acceptors (Lipinski definition) is 5. The van der Waals surface area contributed by atoms with Crippen molar-refractivity contribution in [1.82, 2.24) is 15.1 Å². The highest BCUT2D eigenvalue weighted by Crippen LogP contribution is 2.28. The monoisotopic (exact) mass is 358 g/mol. The highest BCUT2D eigenvalue weighted by Gasteiger charge is 2.29. The maximum atomic E-state index is 12.6. The SMILES string of the molecule is COc1ccc(Cn2ncc(C)c2NC(=O)C(C)C2CNC2)cc1OC. The lowest BCUT2D eigenvalue weighted by molar-refractivity contribution is -0.121. The fourth-order valence-electron chi connectivity index (χ4n) is 3.02. The van der Waals surface area contributed by atoms with E-state index in [0.29, 0.717) is 24.0 Å². The molecule has 2 N–H and O–H groups in total. The van der Waals surface area contributed by atoms with E-state index in [4.69, 9.17) is 9.47 Å². The van der Waals surface area contributed by atoms with Gasteiger partial charge in [0.25, 0.3) is 0 Å². The van der Waals surface area contributed by atoms with Gasteiger partial charge in [-0.2, -0.15) is 5.10 Å². The molecule has 1 saturated heterocycles. The minimum absolute atomic E-state index is 0.0277. The van der Waals surface area contributed by atoms with Crippen molar-refractivity contribution in [2.75, 3.05) is 32.6 Å². The molecule has 7 heteroatoms. The summed E-state index contributed by atoms with van der Waals surface area (Å²) in [6, 6.07) is 5.76. The maximum absolute atomic E-state index is 12.6. The minimum Gasteiger partial charge on any atom is -0.493 e. The number of nitrogens with zero attached hydrogens (tertiary/aromatic N) is 2. The summed E-state index contributed by atoms with van der Waals surface area (Å²) in [6.45, 7) is 6.26. The molecule has 0 radical (unpaired) electrons. The van der Waals surface area contributed by atoms with Gasteiger partial charge >= 0.3 is 0 Å². The zero-order valence-corrected chi connectivity index (χ0v) is 15.7. The first-order chi connectivity index (χ1) is 12.5. The van der Waals surface area contributed by atoms with Crippen LogP contribution in [0, 0.1) is 18.8 Å². The van der Waals surface area contributed by atoms with Crippen molar-refractivity contribution in [1.29, 1.82) is 0 Å². The highest BCUT2D eigenvalue weighted by atomic mass is 16.5. The molecule has 0 aliphatic carbocycles. The number of ether oxygens (including phenoxy) is 2. The first kappa shape index (κ1) is 18.3. The molecule has 1 aliphatic rings. The number of methoxy groups -OCH3 is 2. The van der Waals surface area contributed by atoms with Gasteiger partial charge in [-0.25, -0.2) is 4.68 Å². The van der Waals surface area contributed by atoms with Crippen LogP contribution in [0.5, 0.6) is 11.5 Å². The molecule has 2 heterocycles. The lowest BCUT2D eigenvalue weighted by Crippen LogP contribution is -2.48. The highest BCUT2D eigenvalue weighted by molar-refractivity contribution is 5.92. The van der Waals surface area contributed by atoms with Crippen LogP contribution in [0.15, 0.2) is 24.4 Å². The van der Waals surface area contributed by atoms with E-state index in [-0.39, 0.29) is 11.8 Å². The van der Waals surface area contributed by atoms with Crippen LogP contribution in [-0.4, -0.2) is 43.0 Å². The van der Waals surface area contributed by atoms with Crippen LogP contribution < -0.4 is 20.1 Å². The van der Waals surface area contributed by atoms with Gasteiger partial charge in [-0.1, -0.05) is 13.0 Å². The molecular weight excluding hydrogens is 332 g/mol. The number of anilines is 1. The standard InChI is InChI=1S/C19H26N4O3/c1-12-8-21-23(11-14-5-6-16(25-3)17(7-14)26-4)18(12)22-19(24)13(2)15-9-20-10-15/h5-8,13,15,20H,9-11H2,1-4H3,(H,22,24). The summed E-state index contributed by atoms with van der Waals surface area (Å²) in [7, 11) is 3.23. The molecule has 1 amide bonds. The first-order valence-electron chi connectivity index (χ1n) is 8.78. The number of carbonyl (C=O) groups excluding carboxylic acids is 1. The summed E-state index contributed by atoms with van der Waals surface area (Å²) in [6.07, 6.45) is 1.77. The average Bonchev–Trinajstić information content (AvgIpc) is 2.93. The van der Waals surface area contributed by atoms with E-state index in [1.165, 1.54) is 0 Å². The number of aryl methyl sites for hydroxylation is 1. The van der Waals surface area contributed by atoms with Crippen molar-refractivity contribution in [2.45, 2.75) is 20.4 Å². The average molecular weight is 358 g/mol. The Labute approximate surface area is 153 Å². The molecule has 1 aromatic carbocycles. The summed E-state index contributed by atoms with van der Waals surface area (Å²) in [5.74, 6) is 2.50. The fourth-order valence-corrected chi connectivity index (χ4v) is 3.02. The fraction of sp³-hybridized carbons (Fsp3) is 0.474. The van der Waals surface area contributed by atoms with Gasteiger partial charge in [-0.3, -0.25) is 4.79 Å². The molecule has 1 atom stereocenters. The van der Waals surface area contributed by atoms with Crippen LogP contribution in [0.3, 0.4) is 0 Å². The topological polar surface area (TPSA) is 77.4 Å². The Balaban J connectivity index is 1.76. The molecule has 26 heavy (non-hydrogen) atoms. The Bertz CT molecular complexity index is 783. The van der Waals surface area contributed by atoms with Gasteiger partial charge in [0.15, 0.2) is 11.5 Å². The molecule has 0 spiro atoms. The number of carbonyl (C=O) groups is 1. The molecule has 0 saturated carbocycles. The number of nitrogens with one attached hydrogen (secondary N) is 2. The summed E-state index contributed by atoms with van der Waals surface area (Å²) >= 11 is 0. The maximum Gasteiger partial charge on any atom is 0.228 e. The number of aromatic nitrogens is 2. The van der Waals surface area contributed by atoms with Crippen molar-refractivity contribution in [3.05, 3.63) is 35.5 Å². The zero-order valence-electron chi connectivity index (χ0n) is 15.7. The quantitative estimate of drug-likeness (QED) is 0.792. The van der Waals surface area contributed by atoms with Crippen LogP contribution in [0.4, 0.5) is 5.82 Å². The van der Waals surface area contributed by atoms with Gasteiger partial charge in [0.05, 0.1) is 27.0 Å². The van der Waals surface area contributed by atoms with Crippen molar-refractivity contribution in [3.63, 3.8) is 0 Å². The minimum atomic E-state index is -0.0277. The van der Waals surface area contributed by atoms with E-state index in [9.17, 15) is 4.79 Å². The molecule has 3 rings (SSSR count). The normalized spacial score (nSPS) is 15.2. The second-order valence-corrected chi connectivity index (χ2v) is 6.72.